The Morgan fingerprint density at radius 3 is 2.65 bits per heavy atom. The molecular weight excluding hydrogens is 230 g/mol. The van der Waals surface area contributed by atoms with Gasteiger partial charge in [0.05, 0.1) is 5.56 Å². The maximum atomic E-state index is 12.9. The van der Waals surface area contributed by atoms with Crippen LogP contribution in [0, 0.1) is 23.0 Å². The van der Waals surface area contributed by atoms with E-state index in [0.29, 0.717) is 18.6 Å². The lowest BCUT2D eigenvalue weighted by Gasteiger charge is -2.10. The molecule has 0 saturated carbocycles. The first-order valence-electron chi connectivity index (χ1n) is 4.84. The number of benzene rings is 1. The second kappa shape index (κ2) is 5.25. The van der Waals surface area contributed by atoms with Gasteiger partial charge in [-0.3, -0.25) is 0 Å². The molecule has 0 radical (unpaired) electrons. The third-order valence-corrected chi connectivity index (χ3v) is 2.08. The summed E-state index contributed by atoms with van der Waals surface area (Å²) in [6, 6.07) is 3.09. The molecule has 0 aliphatic carbocycles. The highest BCUT2D eigenvalue weighted by molar-refractivity contribution is 5.95. The van der Waals surface area contributed by atoms with Crippen molar-refractivity contribution in [2.75, 3.05) is 5.73 Å². The van der Waals surface area contributed by atoms with Crippen LogP contribution in [0.15, 0.2) is 12.1 Å². The fourth-order valence-electron chi connectivity index (χ4n) is 1.13. The van der Waals surface area contributed by atoms with Crippen LogP contribution in [0.5, 0.6) is 0 Å². The van der Waals surface area contributed by atoms with E-state index in [-0.39, 0.29) is 11.3 Å². The monoisotopic (exact) mass is 240 g/mol. The molecule has 0 saturated heterocycles. The van der Waals surface area contributed by atoms with Gasteiger partial charge in [0.1, 0.15) is 6.07 Å². The van der Waals surface area contributed by atoms with E-state index in [9.17, 15) is 13.6 Å². The van der Waals surface area contributed by atoms with E-state index >= 15 is 0 Å². The van der Waals surface area contributed by atoms with Gasteiger partial charge in [0.25, 0.3) is 0 Å². The molecule has 1 atom stereocenters. The molecule has 0 aliphatic rings. The first-order valence-corrected chi connectivity index (χ1v) is 4.84. The van der Waals surface area contributed by atoms with Gasteiger partial charge >= 0.3 is 5.97 Å². The molecular formula is C11H10F2N2O2. The van der Waals surface area contributed by atoms with E-state index in [1.807, 2.05) is 0 Å². The number of esters is 1. The van der Waals surface area contributed by atoms with Crippen molar-refractivity contribution in [3.8, 4) is 6.07 Å². The molecule has 0 aromatic heterocycles. The van der Waals surface area contributed by atoms with Gasteiger partial charge < -0.3 is 10.5 Å². The average Bonchev–Trinajstić information content (AvgIpc) is 2.30. The van der Waals surface area contributed by atoms with E-state index in [4.69, 9.17) is 15.7 Å². The Hall–Kier alpha value is -2.16. The van der Waals surface area contributed by atoms with Crippen LogP contribution in [0.25, 0.3) is 0 Å². The number of nitrogens with zero attached hydrogens (tertiary/aromatic N) is 1. The number of halogens is 2. The van der Waals surface area contributed by atoms with Crippen molar-refractivity contribution in [1.82, 2.24) is 0 Å². The number of ether oxygens (including phenoxy) is 1. The zero-order valence-electron chi connectivity index (χ0n) is 9.04. The highest BCUT2D eigenvalue weighted by Crippen LogP contribution is 2.18. The minimum Gasteiger partial charge on any atom is -0.443 e. The molecule has 0 aliphatic heterocycles. The van der Waals surface area contributed by atoms with Crippen molar-refractivity contribution >= 4 is 11.7 Å². The van der Waals surface area contributed by atoms with Gasteiger partial charge in [0.15, 0.2) is 17.7 Å². The number of nitrogen functional groups attached to an aromatic ring is 1. The third-order valence-electron chi connectivity index (χ3n) is 2.08. The van der Waals surface area contributed by atoms with Gasteiger partial charge in [0.2, 0.25) is 0 Å². The predicted molar refractivity (Wildman–Crippen MR) is 55.9 cm³/mol. The molecule has 0 fully saturated rings. The number of nitriles is 1. The molecule has 6 heteroatoms. The minimum absolute atomic E-state index is 0.235. The molecule has 1 aromatic rings. The van der Waals surface area contributed by atoms with Crippen LogP contribution in [0.3, 0.4) is 0 Å². The van der Waals surface area contributed by atoms with Gasteiger partial charge in [-0.1, -0.05) is 6.92 Å². The van der Waals surface area contributed by atoms with Crippen LogP contribution in [0.1, 0.15) is 23.7 Å². The Morgan fingerprint density at radius 2 is 2.12 bits per heavy atom. The Kier molecular flexibility index (Phi) is 3.99. The van der Waals surface area contributed by atoms with Crippen LogP contribution < -0.4 is 5.73 Å². The lowest BCUT2D eigenvalue weighted by atomic mass is 10.1. The van der Waals surface area contributed by atoms with E-state index in [2.05, 4.69) is 0 Å². The average molecular weight is 240 g/mol. The van der Waals surface area contributed by atoms with Gasteiger partial charge in [-0.25, -0.2) is 13.6 Å². The predicted octanol–water partition coefficient (Wildman–Crippen LogP) is 2.01. The Labute approximate surface area is 96.6 Å². The van der Waals surface area contributed by atoms with Crippen molar-refractivity contribution in [2.24, 2.45) is 0 Å². The molecule has 0 bridgehead atoms. The number of carbonyl (C=O) groups is 1. The maximum absolute atomic E-state index is 12.9. The summed E-state index contributed by atoms with van der Waals surface area (Å²) in [6.07, 6.45) is -0.638. The van der Waals surface area contributed by atoms with Crippen LogP contribution in [0.4, 0.5) is 14.5 Å². The van der Waals surface area contributed by atoms with Crippen molar-refractivity contribution < 1.29 is 18.3 Å². The van der Waals surface area contributed by atoms with Crippen LogP contribution >= 0.6 is 0 Å². The number of carbonyl (C=O) groups excluding carboxylic acids is 1. The summed E-state index contributed by atoms with van der Waals surface area (Å²) < 4.78 is 30.4. The number of hydrogen-bond acceptors (Lipinski definition) is 4. The van der Waals surface area contributed by atoms with Gasteiger partial charge in [-0.2, -0.15) is 5.26 Å². The van der Waals surface area contributed by atoms with Crippen molar-refractivity contribution in [1.29, 1.82) is 5.26 Å². The Morgan fingerprint density at radius 1 is 1.53 bits per heavy atom. The minimum atomic E-state index is -1.20. The summed E-state index contributed by atoms with van der Waals surface area (Å²) in [4.78, 5) is 11.5. The van der Waals surface area contributed by atoms with Gasteiger partial charge in [-0.15, -0.1) is 0 Å². The summed E-state index contributed by atoms with van der Waals surface area (Å²) >= 11 is 0. The molecule has 17 heavy (non-hydrogen) atoms. The number of nitrogens with two attached hydrogens (primary N) is 1. The normalized spacial score (nSPS) is 11.6. The lowest BCUT2D eigenvalue weighted by Crippen LogP contribution is -2.17. The molecule has 0 amide bonds. The Bertz CT molecular complexity index is 483. The van der Waals surface area contributed by atoms with E-state index < -0.39 is 23.7 Å². The zero-order chi connectivity index (χ0) is 13.0. The van der Waals surface area contributed by atoms with Crippen LogP contribution in [0.2, 0.25) is 0 Å². The highest BCUT2D eigenvalue weighted by Gasteiger charge is 2.18. The molecule has 2 N–H and O–H groups in total. The molecule has 0 heterocycles. The summed E-state index contributed by atoms with van der Waals surface area (Å²) in [5.74, 6) is -3.29. The topological polar surface area (TPSA) is 76.1 Å². The number of anilines is 1. The summed E-state index contributed by atoms with van der Waals surface area (Å²) in [5.41, 5.74) is 4.83. The zero-order valence-corrected chi connectivity index (χ0v) is 9.04. The third kappa shape index (κ3) is 2.91. The molecule has 90 valence electrons. The molecule has 1 rings (SSSR count). The largest absolute Gasteiger partial charge is 0.443 e. The fourth-order valence-corrected chi connectivity index (χ4v) is 1.13. The van der Waals surface area contributed by atoms with Crippen LogP contribution in [-0.2, 0) is 4.74 Å². The molecule has 1 unspecified atom stereocenters. The van der Waals surface area contributed by atoms with Crippen LogP contribution in [-0.4, -0.2) is 12.1 Å². The highest BCUT2D eigenvalue weighted by atomic mass is 19.2. The summed E-state index contributed by atoms with van der Waals surface area (Å²) in [7, 11) is 0. The fraction of sp³-hybridized carbons (Fsp3) is 0.273. The van der Waals surface area contributed by atoms with Gasteiger partial charge in [-0.05, 0) is 12.5 Å². The number of rotatable bonds is 3. The first-order chi connectivity index (χ1) is 7.99. The lowest BCUT2D eigenvalue weighted by molar-refractivity contribution is 0.0402. The maximum Gasteiger partial charge on any atom is 0.341 e. The summed E-state index contributed by atoms with van der Waals surface area (Å²) in [5, 5.41) is 8.60. The van der Waals surface area contributed by atoms with Crippen molar-refractivity contribution in [3.05, 3.63) is 29.3 Å². The second-order valence-corrected chi connectivity index (χ2v) is 3.28. The summed E-state index contributed by atoms with van der Waals surface area (Å²) in [6.45, 7) is 1.65. The number of hydrogen-bond donors (Lipinski definition) is 1. The van der Waals surface area contributed by atoms with Gasteiger partial charge in [0, 0.05) is 11.8 Å². The second-order valence-electron chi connectivity index (χ2n) is 3.28. The SMILES string of the molecule is CCC(C#N)OC(=O)c1cc(F)c(F)cc1N. The van der Waals surface area contributed by atoms with Crippen molar-refractivity contribution in [2.45, 2.75) is 19.4 Å². The molecule has 1 aromatic carbocycles. The van der Waals surface area contributed by atoms with E-state index in [1.54, 1.807) is 13.0 Å². The van der Waals surface area contributed by atoms with Crippen molar-refractivity contribution in [3.63, 3.8) is 0 Å². The molecule has 0 spiro atoms. The standard InChI is InChI=1S/C11H10F2N2O2/c1-2-6(5-14)17-11(16)7-3-8(12)9(13)4-10(7)15/h3-4,6H,2,15H2,1H3. The first kappa shape index (κ1) is 12.9. The molecule has 4 nitrogen and oxygen atoms in total. The smallest absolute Gasteiger partial charge is 0.341 e. The quantitative estimate of drug-likeness (QED) is 0.647. The van der Waals surface area contributed by atoms with E-state index in [1.165, 1.54) is 0 Å². The van der Waals surface area contributed by atoms with E-state index in [0.717, 1.165) is 0 Å². The Balaban J connectivity index is 2.98.